The van der Waals surface area contributed by atoms with Gasteiger partial charge >= 0.3 is 6.09 Å². The van der Waals surface area contributed by atoms with Crippen LogP contribution in [0.1, 0.15) is 39.7 Å². The fourth-order valence-electron chi connectivity index (χ4n) is 2.44. The molecule has 30 heavy (non-hydrogen) atoms. The van der Waals surface area contributed by atoms with E-state index in [1.807, 2.05) is 13.0 Å². The van der Waals surface area contributed by atoms with Gasteiger partial charge in [0.15, 0.2) is 0 Å². The maximum absolute atomic E-state index is 12.5. The van der Waals surface area contributed by atoms with Gasteiger partial charge in [-0.05, 0) is 45.7 Å². The highest BCUT2D eigenvalue weighted by Gasteiger charge is 2.23. The van der Waals surface area contributed by atoms with Crippen LogP contribution in [0.2, 0.25) is 0 Å². The van der Waals surface area contributed by atoms with Crippen LogP contribution in [0.4, 0.5) is 10.7 Å². The Morgan fingerprint density at radius 2 is 1.93 bits per heavy atom. The van der Waals surface area contributed by atoms with Gasteiger partial charge in [0, 0.05) is 18.3 Å². The second-order valence-corrected chi connectivity index (χ2v) is 7.55. The molecule has 0 fully saturated rings. The van der Waals surface area contributed by atoms with E-state index in [0.29, 0.717) is 17.9 Å². The van der Waals surface area contributed by atoms with Crippen molar-refractivity contribution in [3.05, 3.63) is 36.0 Å². The summed E-state index contributed by atoms with van der Waals surface area (Å²) in [6, 6.07) is 6.17. The number of aryl methyl sites for hydroxylation is 1. The minimum atomic E-state index is -0.797. The van der Waals surface area contributed by atoms with E-state index in [-0.39, 0.29) is 11.8 Å². The summed E-state index contributed by atoms with van der Waals surface area (Å²) in [4.78, 5) is 32.7. The van der Waals surface area contributed by atoms with Gasteiger partial charge in [0.25, 0.3) is 0 Å². The van der Waals surface area contributed by atoms with Gasteiger partial charge < -0.3 is 19.5 Å². The summed E-state index contributed by atoms with van der Waals surface area (Å²) < 4.78 is 16.2. The van der Waals surface area contributed by atoms with Crippen LogP contribution >= 0.6 is 0 Å². The molecule has 2 N–H and O–H groups in total. The van der Waals surface area contributed by atoms with Gasteiger partial charge in [0.2, 0.25) is 17.7 Å². The summed E-state index contributed by atoms with van der Waals surface area (Å²) >= 11 is 0. The fourth-order valence-corrected chi connectivity index (χ4v) is 2.44. The molecule has 0 bridgehead atoms. The van der Waals surface area contributed by atoms with Crippen molar-refractivity contribution < 1.29 is 23.8 Å². The third-order valence-electron chi connectivity index (χ3n) is 3.88. The lowest BCUT2D eigenvalue weighted by atomic mass is 10.2. The van der Waals surface area contributed by atoms with Crippen LogP contribution in [0.25, 0.3) is 0 Å². The average Bonchev–Trinajstić information content (AvgIpc) is 2.66. The zero-order valence-electron chi connectivity index (χ0n) is 18.1. The maximum atomic E-state index is 12.5. The summed E-state index contributed by atoms with van der Waals surface area (Å²) in [6.45, 7) is 8.94. The van der Waals surface area contributed by atoms with E-state index in [1.165, 1.54) is 6.20 Å². The van der Waals surface area contributed by atoms with Gasteiger partial charge in [-0.25, -0.2) is 9.78 Å². The van der Waals surface area contributed by atoms with Gasteiger partial charge in [-0.1, -0.05) is 13.0 Å². The molecule has 0 radical (unpaired) electrons. The Morgan fingerprint density at radius 3 is 2.57 bits per heavy atom. The molecule has 162 valence electrons. The molecule has 0 aliphatic rings. The Hall–Kier alpha value is -3.36. The van der Waals surface area contributed by atoms with Gasteiger partial charge in [0.05, 0.1) is 7.11 Å². The lowest BCUT2D eigenvalue weighted by molar-refractivity contribution is -0.118. The Kier molecular flexibility index (Phi) is 7.57. The number of aromatic nitrogens is 2. The van der Waals surface area contributed by atoms with E-state index >= 15 is 0 Å². The van der Waals surface area contributed by atoms with Crippen molar-refractivity contribution >= 4 is 17.9 Å². The van der Waals surface area contributed by atoms with Crippen LogP contribution in [0.3, 0.4) is 0 Å². The number of benzene rings is 1. The minimum Gasteiger partial charge on any atom is -0.496 e. The number of nitrogens with one attached hydrogen (secondary N) is 2. The summed E-state index contributed by atoms with van der Waals surface area (Å²) in [5, 5.41) is 5.12. The van der Waals surface area contributed by atoms with Crippen molar-refractivity contribution in [1.82, 2.24) is 15.3 Å². The molecular formula is C21H28N4O5. The predicted octanol–water partition coefficient (Wildman–Crippen LogP) is 3.83. The summed E-state index contributed by atoms with van der Waals surface area (Å²) in [7, 11) is 1.58. The zero-order valence-corrected chi connectivity index (χ0v) is 18.1. The SMILES string of the molecule is CC[C@@H](NC(=O)OC(C)(C)C)C(=O)Nc1nccc(Oc2ccc(C)c(OC)c2)n1. The molecule has 0 aliphatic heterocycles. The van der Waals surface area contributed by atoms with Crippen molar-refractivity contribution in [2.75, 3.05) is 12.4 Å². The second-order valence-electron chi connectivity index (χ2n) is 7.55. The molecule has 1 aromatic carbocycles. The quantitative estimate of drug-likeness (QED) is 0.705. The Bertz CT molecular complexity index is 895. The lowest BCUT2D eigenvalue weighted by Gasteiger charge is -2.22. The minimum absolute atomic E-state index is 0.0565. The number of nitrogens with zero attached hydrogens (tertiary/aromatic N) is 2. The van der Waals surface area contributed by atoms with Crippen molar-refractivity contribution in [3.8, 4) is 17.4 Å². The number of alkyl carbamates (subject to hydrolysis) is 1. The van der Waals surface area contributed by atoms with Gasteiger partial charge in [0.1, 0.15) is 23.1 Å². The maximum Gasteiger partial charge on any atom is 0.408 e. The zero-order chi connectivity index (χ0) is 22.3. The molecule has 2 amide bonds. The van der Waals surface area contributed by atoms with E-state index in [9.17, 15) is 9.59 Å². The second kappa shape index (κ2) is 9.91. The summed E-state index contributed by atoms with van der Waals surface area (Å²) in [6.07, 6.45) is 1.16. The molecule has 0 spiro atoms. The number of hydrogen-bond donors (Lipinski definition) is 2. The van der Waals surface area contributed by atoms with Crippen molar-refractivity contribution in [3.63, 3.8) is 0 Å². The number of hydrogen-bond acceptors (Lipinski definition) is 7. The first-order valence-electron chi connectivity index (χ1n) is 9.57. The number of amides is 2. The van der Waals surface area contributed by atoms with Crippen LogP contribution < -0.4 is 20.1 Å². The van der Waals surface area contributed by atoms with Gasteiger partial charge in [-0.2, -0.15) is 4.98 Å². The monoisotopic (exact) mass is 416 g/mol. The van der Waals surface area contributed by atoms with Crippen LogP contribution in [-0.2, 0) is 9.53 Å². The molecule has 9 heteroatoms. The third-order valence-corrected chi connectivity index (χ3v) is 3.88. The molecule has 2 rings (SSSR count). The molecule has 9 nitrogen and oxygen atoms in total. The van der Waals surface area contributed by atoms with Gasteiger partial charge in [-0.3, -0.25) is 10.1 Å². The number of carbonyl (C=O) groups is 2. The highest BCUT2D eigenvalue weighted by atomic mass is 16.6. The average molecular weight is 416 g/mol. The third kappa shape index (κ3) is 6.91. The topological polar surface area (TPSA) is 112 Å². The number of ether oxygens (including phenoxy) is 3. The van der Waals surface area contributed by atoms with E-state index in [1.54, 1.807) is 53.0 Å². The summed E-state index contributed by atoms with van der Waals surface area (Å²) in [5.74, 6) is 1.07. The number of rotatable bonds is 7. The molecule has 0 aliphatic carbocycles. The summed E-state index contributed by atoms with van der Waals surface area (Å²) in [5.41, 5.74) is 0.315. The van der Waals surface area contributed by atoms with Crippen LogP contribution in [0.15, 0.2) is 30.5 Å². The first kappa shape index (κ1) is 22.9. The Labute approximate surface area is 176 Å². The molecule has 1 atom stereocenters. The molecule has 0 unspecified atom stereocenters. The van der Waals surface area contributed by atoms with Crippen LogP contribution in [0.5, 0.6) is 17.4 Å². The van der Waals surface area contributed by atoms with Crippen molar-refractivity contribution in [2.45, 2.75) is 52.7 Å². The van der Waals surface area contributed by atoms with Crippen molar-refractivity contribution in [2.24, 2.45) is 0 Å². The molecular weight excluding hydrogens is 388 g/mol. The number of methoxy groups -OCH3 is 1. The van der Waals surface area contributed by atoms with E-state index in [2.05, 4.69) is 20.6 Å². The Morgan fingerprint density at radius 1 is 1.20 bits per heavy atom. The number of anilines is 1. The van der Waals surface area contributed by atoms with E-state index < -0.39 is 23.6 Å². The Balaban J connectivity index is 2.04. The first-order valence-corrected chi connectivity index (χ1v) is 9.57. The van der Waals surface area contributed by atoms with Crippen LogP contribution in [-0.4, -0.2) is 40.7 Å². The predicted molar refractivity (Wildman–Crippen MR) is 112 cm³/mol. The smallest absolute Gasteiger partial charge is 0.408 e. The molecule has 0 saturated heterocycles. The lowest BCUT2D eigenvalue weighted by Crippen LogP contribution is -2.45. The highest BCUT2D eigenvalue weighted by molar-refractivity contribution is 5.95. The molecule has 2 aromatic rings. The first-order chi connectivity index (χ1) is 14.1. The van der Waals surface area contributed by atoms with E-state index in [0.717, 1.165) is 5.56 Å². The largest absolute Gasteiger partial charge is 0.496 e. The highest BCUT2D eigenvalue weighted by Crippen LogP contribution is 2.27. The molecule has 1 aromatic heterocycles. The van der Waals surface area contributed by atoms with E-state index in [4.69, 9.17) is 14.2 Å². The normalized spacial score (nSPS) is 11.9. The molecule has 0 saturated carbocycles. The van der Waals surface area contributed by atoms with Crippen LogP contribution in [0, 0.1) is 6.92 Å². The van der Waals surface area contributed by atoms with Crippen molar-refractivity contribution in [1.29, 1.82) is 0 Å². The number of carbonyl (C=O) groups excluding carboxylic acids is 2. The standard InChI is InChI=1S/C21H28N4O5/c1-7-15(23-20(27)30-21(3,4)5)18(26)25-19-22-11-10-17(24-19)29-14-9-8-13(2)16(12-14)28-6/h8-12,15H,7H2,1-6H3,(H,23,27)(H,22,24,25,26)/t15-/m1/s1. The fraction of sp³-hybridized carbons (Fsp3) is 0.429. The molecule has 1 heterocycles. The van der Waals surface area contributed by atoms with Gasteiger partial charge in [-0.15, -0.1) is 0 Å².